The largest absolute Gasteiger partial charge is 0.416 e. The average molecular weight is 315 g/mol. The second-order valence-electron chi connectivity index (χ2n) is 5.00. The maximum absolute atomic E-state index is 13.8. The number of halogens is 5. The molecule has 0 spiro atoms. The van der Waals surface area contributed by atoms with E-state index in [1.165, 1.54) is 18.2 Å². The van der Waals surface area contributed by atoms with Crippen molar-refractivity contribution in [1.29, 1.82) is 0 Å². The van der Waals surface area contributed by atoms with Crippen LogP contribution in [0.1, 0.15) is 22.6 Å². The summed E-state index contributed by atoms with van der Waals surface area (Å²) in [4.78, 5) is 0. The molecule has 0 heterocycles. The highest BCUT2D eigenvalue weighted by Crippen LogP contribution is 2.31. The summed E-state index contributed by atoms with van der Waals surface area (Å²) in [6.07, 6.45) is -4.29. The van der Waals surface area contributed by atoms with E-state index in [9.17, 15) is 22.0 Å². The van der Waals surface area contributed by atoms with Gasteiger partial charge in [0.1, 0.15) is 11.6 Å². The Bertz CT molecular complexity index is 651. The Balaban J connectivity index is 2.27. The summed E-state index contributed by atoms with van der Waals surface area (Å²) in [5.41, 5.74) is 5.43. The average Bonchev–Trinajstić information content (AvgIpc) is 2.45. The van der Waals surface area contributed by atoms with Crippen LogP contribution in [0.2, 0.25) is 0 Å². The Morgan fingerprint density at radius 2 is 1.73 bits per heavy atom. The molecule has 118 valence electrons. The smallest absolute Gasteiger partial charge is 0.330 e. The van der Waals surface area contributed by atoms with Crippen molar-refractivity contribution in [2.45, 2.75) is 18.5 Å². The predicted octanol–water partition coefficient (Wildman–Crippen LogP) is 4.27. The molecule has 2 rings (SSSR count). The second-order valence-corrected chi connectivity index (χ2v) is 5.00. The van der Waals surface area contributed by atoms with Crippen LogP contribution in [0, 0.1) is 11.6 Å². The zero-order chi connectivity index (χ0) is 16.3. The number of alkyl halides is 3. The Labute approximate surface area is 124 Å². The van der Waals surface area contributed by atoms with Crippen molar-refractivity contribution in [2.75, 3.05) is 6.54 Å². The highest BCUT2D eigenvalue weighted by atomic mass is 19.4. The highest BCUT2D eigenvalue weighted by Gasteiger charge is 2.30. The van der Waals surface area contributed by atoms with Crippen LogP contribution in [-0.4, -0.2) is 6.54 Å². The first-order valence-corrected chi connectivity index (χ1v) is 6.62. The lowest BCUT2D eigenvalue weighted by atomic mass is 9.91. The molecule has 0 saturated heterocycles. The molecular formula is C16H14F5N. The number of rotatable bonds is 4. The van der Waals surface area contributed by atoms with Gasteiger partial charge in [0.2, 0.25) is 0 Å². The maximum atomic E-state index is 13.8. The van der Waals surface area contributed by atoms with Crippen molar-refractivity contribution in [3.63, 3.8) is 0 Å². The van der Waals surface area contributed by atoms with Gasteiger partial charge in [-0.25, -0.2) is 8.78 Å². The molecule has 1 nitrogen and oxygen atoms in total. The summed E-state index contributed by atoms with van der Waals surface area (Å²) < 4.78 is 64.8. The Morgan fingerprint density at radius 3 is 2.32 bits per heavy atom. The van der Waals surface area contributed by atoms with E-state index in [4.69, 9.17) is 5.73 Å². The fraction of sp³-hybridized carbons (Fsp3) is 0.250. The Hall–Kier alpha value is -1.95. The molecule has 22 heavy (non-hydrogen) atoms. The number of nitrogens with two attached hydrogens (primary N) is 1. The molecule has 0 fully saturated rings. The number of hydrogen-bond acceptors (Lipinski definition) is 1. The minimum Gasteiger partial charge on any atom is -0.330 e. The lowest BCUT2D eigenvalue weighted by Crippen LogP contribution is -2.17. The van der Waals surface area contributed by atoms with Gasteiger partial charge in [0.15, 0.2) is 0 Å². The molecule has 2 aromatic rings. The van der Waals surface area contributed by atoms with Crippen LogP contribution in [-0.2, 0) is 12.6 Å². The van der Waals surface area contributed by atoms with E-state index in [-0.39, 0.29) is 18.5 Å². The third-order valence-electron chi connectivity index (χ3n) is 3.42. The molecule has 1 unspecified atom stereocenters. The molecule has 0 aliphatic rings. The third-order valence-corrected chi connectivity index (χ3v) is 3.42. The Morgan fingerprint density at radius 1 is 1.00 bits per heavy atom. The summed E-state index contributed by atoms with van der Waals surface area (Å²) in [5.74, 6) is -1.98. The maximum Gasteiger partial charge on any atom is 0.416 e. The van der Waals surface area contributed by atoms with Gasteiger partial charge in [-0.1, -0.05) is 24.3 Å². The summed E-state index contributed by atoms with van der Waals surface area (Å²) in [6, 6.07) is 7.93. The van der Waals surface area contributed by atoms with E-state index in [2.05, 4.69) is 0 Å². The number of benzene rings is 2. The first kappa shape index (κ1) is 16.4. The van der Waals surface area contributed by atoms with Crippen molar-refractivity contribution in [2.24, 2.45) is 5.73 Å². The van der Waals surface area contributed by atoms with Gasteiger partial charge in [-0.15, -0.1) is 0 Å². The molecule has 1 atom stereocenters. The van der Waals surface area contributed by atoms with Gasteiger partial charge in [-0.3, -0.25) is 0 Å². The van der Waals surface area contributed by atoms with Crippen LogP contribution in [0.5, 0.6) is 0 Å². The van der Waals surface area contributed by atoms with E-state index in [0.29, 0.717) is 5.56 Å². The van der Waals surface area contributed by atoms with Crippen LogP contribution in [0.25, 0.3) is 0 Å². The molecule has 0 radical (unpaired) electrons. The van der Waals surface area contributed by atoms with Crippen LogP contribution >= 0.6 is 0 Å². The van der Waals surface area contributed by atoms with Crippen molar-refractivity contribution in [3.8, 4) is 0 Å². The Kier molecular flexibility index (Phi) is 4.81. The zero-order valence-corrected chi connectivity index (χ0v) is 11.5. The molecule has 0 bridgehead atoms. The molecule has 2 N–H and O–H groups in total. The van der Waals surface area contributed by atoms with Gasteiger partial charge in [0.25, 0.3) is 0 Å². The topological polar surface area (TPSA) is 26.0 Å². The summed E-state index contributed by atoms with van der Waals surface area (Å²) in [6.45, 7) is 0.0405. The van der Waals surface area contributed by atoms with Crippen LogP contribution in [0.3, 0.4) is 0 Å². The monoisotopic (exact) mass is 315 g/mol. The minimum absolute atomic E-state index is 0.0405. The van der Waals surface area contributed by atoms with Crippen LogP contribution < -0.4 is 5.73 Å². The number of hydrogen-bond donors (Lipinski definition) is 1. The third kappa shape index (κ3) is 3.82. The minimum atomic E-state index is -4.44. The van der Waals surface area contributed by atoms with Gasteiger partial charge < -0.3 is 5.73 Å². The molecule has 0 saturated carbocycles. The van der Waals surface area contributed by atoms with E-state index in [1.54, 1.807) is 0 Å². The standard InChI is InChI=1S/C16H14F5N/c17-13-4-5-14(15(18)8-13)11(9-22)6-10-2-1-3-12(7-10)16(19,20)21/h1-5,7-8,11H,6,9,22H2. The van der Waals surface area contributed by atoms with E-state index in [0.717, 1.165) is 24.3 Å². The van der Waals surface area contributed by atoms with Crippen molar-refractivity contribution in [3.05, 3.63) is 70.8 Å². The van der Waals surface area contributed by atoms with E-state index in [1.807, 2.05) is 0 Å². The second kappa shape index (κ2) is 6.44. The quantitative estimate of drug-likeness (QED) is 0.838. The molecule has 0 aliphatic heterocycles. The van der Waals surface area contributed by atoms with Gasteiger partial charge in [0.05, 0.1) is 5.56 Å². The molecule has 6 heteroatoms. The molecule has 0 aliphatic carbocycles. The molecule has 0 aromatic heterocycles. The fourth-order valence-corrected chi connectivity index (χ4v) is 2.31. The van der Waals surface area contributed by atoms with Gasteiger partial charge in [-0.2, -0.15) is 13.2 Å². The lowest BCUT2D eigenvalue weighted by Gasteiger charge is -2.17. The summed E-state index contributed by atoms with van der Waals surface area (Å²) in [5, 5.41) is 0. The normalized spacial score (nSPS) is 13.2. The van der Waals surface area contributed by atoms with Crippen molar-refractivity contribution < 1.29 is 22.0 Å². The van der Waals surface area contributed by atoms with Gasteiger partial charge in [-0.05, 0) is 36.2 Å². The zero-order valence-electron chi connectivity index (χ0n) is 11.5. The van der Waals surface area contributed by atoms with E-state index < -0.39 is 29.3 Å². The van der Waals surface area contributed by atoms with Crippen molar-refractivity contribution >= 4 is 0 Å². The SMILES string of the molecule is NCC(Cc1cccc(C(F)(F)F)c1)c1ccc(F)cc1F. The first-order chi connectivity index (χ1) is 10.3. The summed E-state index contributed by atoms with van der Waals surface area (Å²) >= 11 is 0. The molecule has 2 aromatic carbocycles. The summed E-state index contributed by atoms with van der Waals surface area (Å²) in [7, 11) is 0. The van der Waals surface area contributed by atoms with Crippen LogP contribution in [0.4, 0.5) is 22.0 Å². The predicted molar refractivity (Wildman–Crippen MR) is 73.3 cm³/mol. The molecule has 0 amide bonds. The fourth-order valence-electron chi connectivity index (χ4n) is 2.31. The lowest BCUT2D eigenvalue weighted by molar-refractivity contribution is -0.137. The van der Waals surface area contributed by atoms with Gasteiger partial charge >= 0.3 is 6.18 Å². The van der Waals surface area contributed by atoms with E-state index >= 15 is 0 Å². The van der Waals surface area contributed by atoms with Crippen molar-refractivity contribution in [1.82, 2.24) is 0 Å². The van der Waals surface area contributed by atoms with Crippen LogP contribution in [0.15, 0.2) is 42.5 Å². The highest BCUT2D eigenvalue weighted by molar-refractivity contribution is 5.30. The molecular weight excluding hydrogens is 301 g/mol. The first-order valence-electron chi connectivity index (χ1n) is 6.62. The van der Waals surface area contributed by atoms with Gasteiger partial charge in [0, 0.05) is 12.0 Å².